The molecule has 0 aliphatic carbocycles. The third-order valence-electron chi connectivity index (χ3n) is 2.53. The van der Waals surface area contributed by atoms with Crippen molar-refractivity contribution in [3.8, 4) is 0 Å². The number of methoxy groups -OCH3 is 1. The monoisotopic (exact) mass is 290 g/mol. The lowest BCUT2D eigenvalue weighted by molar-refractivity contribution is 0.0127. The second-order valence-corrected chi connectivity index (χ2v) is 4.94. The third kappa shape index (κ3) is 3.06. The molecule has 0 bridgehead atoms. The number of halogens is 1. The molecule has 0 saturated carbocycles. The molecule has 0 aliphatic heterocycles. The van der Waals surface area contributed by atoms with Crippen molar-refractivity contribution in [1.29, 1.82) is 0 Å². The molecule has 1 aromatic heterocycles. The SMILES string of the molecule is CCCn1ncc(Br)c1C(C)(O)CCOC. The molecule has 16 heavy (non-hydrogen) atoms. The third-order valence-corrected chi connectivity index (χ3v) is 3.11. The van der Waals surface area contributed by atoms with Crippen molar-refractivity contribution < 1.29 is 9.84 Å². The minimum absolute atomic E-state index is 0.525. The molecule has 1 heterocycles. The van der Waals surface area contributed by atoms with E-state index in [0.717, 1.165) is 23.1 Å². The Bertz CT molecular complexity index is 337. The largest absolute Gasteiger partial charge is 0.385 e. The zero-order valence-corrected chi connectivity index (χ0v) is 11.6. The van der Waals surface area contributed by atoms with Crippen molar-refractivity contribution in [2.45, 2.75) is 38.8 Å². The van der Waals surface area contributed by atoms with Gasteiger partial charge in [0.1, 0.15) is 5.60 Å². The summed E-state index contributed by atoms with van der Waals surface area (Å²) in [6, 6.07) is 0. The van der Waals surface area contributed by atoms with Crippen LogP contribution in [0.1, 0.15) is 32.4 Å². The van der Waals surface area contributed by atoms with Gasteiger partial charge in [0.2, 0.25) is 0 Å². The molecular weight excluding hydrogens is 272 g/mol. The maximum atomic E-state index is 10.4. The van der Waals surface area contributed by atoms with Crippen molar-refractivity contribution in [2.24, 2.45) is 0 Å². The lowest BCUT2D eigenvalue weighted by Crippen LogP contribution is -2.27. The summed E-state index contributed by atoms with van der Waals surface area (Å²) < 4.78 is 7.71. The molecule has 0 radical (unpaired) electrons. The smallest absolute Gasteiger partial charge is 0.107 e. The number of nitrogens with zero attached hydrogens (tertiary/aromatic N) is 2. The van der Waals surface area contributed by atoms with Gasteiger partial charge in [-0.2, -0.15) is 5.10 Å². The van der Waals surface area contributed by atoms with Crippen molar-refractivity contribution in [3.05, 3.63) is 16.4 Å². The van der Waals surface area contributed by atoms with Gasteiger partial charge in [-0.1, -0.05) is 6.92 Å². The van der Waals surface area contributed by atoms with E-state index in [4.69, 9.17) is 4.74 Å². The highest BCUT2D eigenvalue weighted by Gasteiger charge is 2.29. The average Bonchev–Trinajstić information content (AvgIpc) is 2.58. The maximum absolute atomic E-state index is 10.4. The van der Waals surface area contributed by atoms with Gasteiger partial charge in [-0.3, -0.25) is 4.68 Å². The Labute approximate surface area is 105 Å². The molecule has 1 atom stereocenters. The quantitative estimate of drug-likeness (QED) is 0.875. The second kappa shape index (κ2) is 5.80. The molecule has 1 N–H and O–H groups in total. The first-order valence-electron chi connectivity index (χ1n) is 5.46. The number of aryl methyl sites for hydroxylation is 1. The Morgan fingerprint density at radius 1 is 1.62 bits per heavy atom. The predicted octanol–water partition coefficient (Wildman–Crippen LogP) is 2.30. The van der Waals surface area contributed by atoms with Crippen LogP contribution in [0.5, 0.6) is 0 Å². The fourth-order valence-corrected chi connectivity index (χ4v) is 2.42. The number of aromatic nitrogens is 2. The van der Waals surface area contributed by atoms with Crippen LogP contribution in [0.15, 0.2) is 10.7 Å². The summed E-state index contributed by atoms with van der Waals surface area (Å²) in [5, 5.41) is 14.7. The van der Waals surface area contributed by atoms with E-state index in [2.05, 4.69) is 28.0 Å². The van der Waals surface area contributed by atoms with E-state index in [0.29, 0.717) is 13.0 Å². The number of ether oxygens (including phenoxy) is 1. The van der Waals surface area contributed by atoms with Crippen molar-refractivity contribution >= 4 is 15.9 Å². The standard InChI is InChI=1S/C11H19BrN2O2/c1-4-6-14-10(9(12)8-13-14)11(2,15)5-7-16-3/h8,15H,4-7H2,1-3H3. The van der Waals surface area contributed by atoms with Crippen LogP contribution in [-0.4, -0.2) is 28.6 Å². The molecule has 5 heteroatoms. The number of aliphatic hydroxyl groups is 1. The van der Waals surface area contributed by atoms with E-state index in [1.54, 1.807) is 20.2 Å². The Hall–Kier alpha value is -0.390. The normalized spacial score (nSPS) is 15.1. The van der Waals surface area contributed by atoms with E-state index < -0.39 is 5.60 Å². The summed E-state index contributed by atoms with van der Waals surface area (Å²) in [6.07, 6.45) is 3.27. The summed E-state index contributed by atoms with van der Waals surface area (Å²) >= 11 is 3.43. The molecule has 0 saturated heterocycles. The molecule has 0 amide bonds. The van der Waals surface area contributed by atoms with E-state index in [-0.39, 0.29) is 0 Å². The first-order chi connectivity index (χ1) is 7.53. The highest BCUT2D eigenvalue weighted by molar-refractivity contribution is 9.10. The van der Waals surface area contributed by atoms with Gasteiger partial charge in [-0.05, 0) is 29.3 Å². The predicted molar refractivity (Wildman–Crippen MR) is 66.3 cm³/mol. The van der Waals surface area contributed by atoms with Crippen LogP contribution in [0.3, 0.4) is 0 Å². The van der Waals surface area contributed by atoms with Crippen molar-refractivity contribution in [1.82, 2.24) is 9.78 Å². The molecule has 92 valence electrons. The topological polar surface area (TPSA) is 47.3 Å². The summed E-state index contributed by atoms with van der Waals surface area (Å²) in [5.74, 6) is 0. The van der Waals surface area contributed by atoms with E-state index >= 15 is 0 Å². The van der Waals surface area contributed by atoms with E-state index in [1.807, 2.05) is 4.68 Å². The molecular formula is C11H19BrN2O2. The minimum atomic E-state index is -0.916. The Kier molecular flexibility index (Phi) is 4.95. The molecule has 0 aliphatic rings. The Morgan fingerprint density at radius 2 is 2.31 bits per heavy atom. The molecule has 1 aromatic rings. The van der Waals surface area contributed by atoms with Crippen LogP contribution < -0.4 is 0 Å². The first-order valence-corrected chi connectivity index (χ1v) is 6.25. The lowest BCUT2D eigenvalue weighted by atomic mass is 9.98. The van der Waals surface area contributed by atoms with E-state index in [1.165, 1.54) is 0 Å². The van der Waals surface area contributed by atoms with Gasteiger partial charge in [0.05, 0.1) is 16.4 Å². The second-order valence-electron chi connectivity index (χ2n) is 4.08. The molecule has 0 aromatic carbocycles. The zero-order chi connectivity index (χ0) is 12.2. The summed E-state index contributed by atoms with van der Waals surface area (Å²) in [6.45, 7) is 5.21. The number of rotatable bonds is 6. The van der Waals surface area contributed by atoms with Crippen LogP contribution in [0.4, 0.5) is 0 Å². The van der Waals surface area contributed by atoms with Crippen molar-refractivity contribution in [3.63, 3.8) is 0 Å². The van der Waals surface area contributed by atoms with Crippen LogP contribution in [0, 0.1) is 0 Å². The maximum Gasteiger partial charge on any atom is 0.107 e. The summed E-state index contributed by atoms with van der Waals surface area (Å²) in [4.78, 5) is 0. The molecule has 0 spiro atoms. The fraction of sp³-hybridized carbons (Fsp3) is 0.727. The van der Waals surface area contributed by atoms with Crippen LogP contribution >= 0.6 is 15.9 Å². The molecule has 0 fully saturated rings. The van der Waals surface area contributed by atoms with Gasteiger partial charge in [0.25, 0.3) is 0 Å². The molecule has 1 unspecified atom stereocenters. The van der Waals surface area contributed by atoms with Crippen LogP contribution in [0.25, 0.3) is 0 Å². The van der Waals surface area contributed by atoms with Gasteiger partial charge in [-0.15, -0.1) is 0 Å². The van der Waals surface area contributed by atoms with Crippen LogP contribution in [-0.2, 0) is 16.9 Å². The lowest BCUT2D eigenvalue weighted by Gasteiger charge is -2.24. The van der Waals surface area contributed by atoms with Gasteiger partial charge in [0, 0.05) is 26.7 Å². The fourth-order valence-electron chi connectivity index (χ4n) is 1.70. The zero-order valence-electron chi connectivity index (χ0n) is 10.0. The average molecular weight is 291 g/mol. The molecule has 4 nitrogen and oxygen atoms in total. The van der Waals surface area contributed by atoms with E-state index in [9.17, 15) is 5.11 Å². The number of hydrogen-bond acceptors (Lipinski definition) is 3. The first kappa shape index (κ1) is 13.7. The highest BCUT2D eigenvalue weighted by atomic mass is 79.9. The minimum Gasteiger partial charge on any atom is -0.385 e. The van der Waals surface area contributed by atoms with Crippen LogP contribution in [0.2, 0.25) is 0 Å². The highest BCUT2D eigenvalue weighted by Crippen LogP contribution is 2.31. The molecule has 1 rings (SSSR count). The van der Waals surface area contributed by atoms with Gasteiger partial charge in [-0.25, -0.2) is 0 Å². The Balaban J connectivity index is 2.95. The summed E-state index contributed by atoms with van der Waals surface area (Å²) in [5.41, 5.74) is -0.0908. The van der Waals surface area contributed by atoms with Crippen molar-refractivity contribution in [2.75, 3.05) is 13.7 Å². The Morgan fingerprint density at radius 3 is 2.88 bits per heavy atom. The van der Waals surface area contributed by atoms with Gasteiger partial charge in [0.15, 0.2) is 0 Å². The number of hydrogen-bond donors (Lipinski definition) is 1. The van der Waals surface area contributed by atoms with Gasteiger partial charge >= 0.3 is 0 Å². The summed E-state index contributed by atoms with van der Waals surface area (Å²) in [7, 11) is 1.63. The van der Waals surface area contributed by atoms with Gasteiger partial charge < -0.3 is 9.84 Å².